The van der Waals surface area contributed by atoms with E-state index in [-0.39, 0.29) is 6.04 Å². The molecule has 2 aromatic rings. The molecule has 1 unspecified atom stereocenters. The minimum atomic E-state index is 0.131. The topological polar surface area (TPSA) is 56.3 Å². The summed E-state index contributed by atoms with van der Waals surface area (Å²) in [6, 6.07) is 5.91. The van der Waals surface area contributed by atoms with Crippen molar-refractivity contribution in [3.63, 3.8) is 0 Å². The molecule has 0 amide bonds. The molecule has 0 aliphatic heterocycles. The zero-order chi connectivity index (χ0) is 13.7. The van der Waals surface area contributed by atoms with Crippen molar-refractivity contribution in [3.05, 3.63) is 34.8 Å². The summed E-state index contributed by atoms with van der Waals surface area (Å²) >= 11 is 1.35. The summed E-state index contributed by atoms with van der Waals surface area (Å²) in [5, 5.41) is 9.34. The molecule has 0 spiro atoms. The van der Waals surface area contributed by atoms with Gasteiger partial charge in [0.05, 0.1) is 19.9 Å². The number of nitrogens with one attached hydrogen (secondary N) is 1. The Morgan fingerprint density at radius 3 is 2.79 bits per heavy atom. The zero-order valence-corrected chi connectivity index (χ0v) is 12.0. The summed E-state index contributed by atoms with van der Waals surface area (Å²) in [7, 11) is 3.33. The second-order valence-electron chi connectivity index (χ2n) is 4.11. The molecule has 0 aliphatic carbocycles. The number of hydrogen-bond acceptors (Lipinski definition) is 6. The van der Waals surface area contributed by atoms with Gasteiger partial charge < -0.3 is 14.8 Å². The second kappa shape index (κ2) is 6.49. The highest BCUT2D eigenvalue weighted by atomic mass is 32.1. The van der Waals surface area contributed by atoms with Gasteiger partial charge in [-0.15, -0.1) is 5.10 Å². The lowest BCUT2D eigenvalue weighted by atomic mass is 10.1. The molecule has 6 heteroatoms. The lowest BCUT2D eigenvalue weighted by molar-refractivity contribution is 0.391. The fourth-order valence-corrected chi connectivity index (χ4v) is 2.26. The van der Waals surface area contributed by atoms with Gasteiger partial charge in [0.15, 0.2) is 0 Å². The van der Waals surface area contributed by atoms with Crippen molar-refractivity contribution in [3.8, 4) is 11.5 Å². The Bertz CT molecular complexity index is 517. The third kappa shape index (κ3) is 3.42. The maximum absolute atomic E-state index is 5.38. The molecule has 102 valence electrons. The van der Waals surface area contributed by atoms with Gasteiger partial charge >= 0.3 is 0 Å². The maximum Gasteiger partial charge on any atom is 0.123 e. The van der Waals surface area contributed by atoms with E-state index in [1.54, 1.807) is 14.2 Å². The molecule has 2 rings (SSSR count). The van der Waals surface area contributed by atoms with Crippen LogP contribution < -0.4 is 14.8 Å². The van der Waals surface area contributed by atoms with Gasteiger partial charge in [-0.05, 0) is 36.7 Å². The smallest absolute Gasteiger partial charge is 0.123 e. The molecular formula is C13H17N3O2S. The maximum atomic E-state index is 5.38. The molecule has 0 fully saturated rings. The van der Waals surface area contributed by atoms with Crippen molar-refractivity contribution in [2.75, 3.05) is 14.2 Å². The summed E-state index contributed by atoms with van der Waals surface area (Å²) in [6.45, 7) is 2.76. The number of rotatable bonds is 6. The SMILES string of the molecule is COc1ccc(OC)c(C(C)NCc2csnn2)c1. The molecule has 1 atom stereocenters. The largest absolute Gasteiger partial charge is 0.497 e. The first-order valence-corrected chi connectivity index (χ1v) is 6.79. The number of ether oxygens (including phenoxy) is 2. The molecule has 1 N–H and O–H groups in total. The van der Waals surface area contributed by atoms with Crippen molar-refractivity contribution in [2.24, 2.45) is 0 Å². The number of methoxy groups -OCH3 is 2. The Morgan fingerprint density at radius 2 is 2.16 bits per heavy atom. The Hall–Kier alpha value is -1.66. The third-order valence-electron chi connectivity index (χ3n) is 2.90. The summed E-state index contributed by atoms with van der Waals surface area (Å²) < 4.78 is 14.5. The van der Waals surface area contributed by atoms with Crippen LogP contribution >= 0.6 is 11.5 Å². The van der Waals surface area contributed by atoms with Gasteiger partial charge in [-0.25, -0.2) is 0 Å². The molecule has 19 heavy (non-hydrogen) atoms. The molecule has 1 heterocycles. The first-order chi connectivity index (χ1) is 9.24. The summed E-state index contributed by atoms with van der Waals surface area (Å²) in [5.74, 6) is 1.66. The predicted octanol–water partition coefficient (Wildman–Crippen LogP) is 2.41. The van der Waals surface area contributed by atoms with Crippen LogP contribution in [0.4, 0.5) is 0 Å². The minimum absolute atomic E-state index is 0.131. The van der Waals surface area contributed by atoms with E-state index in [2.05, 4.69) is 21.8 Å². The van der Waals surface area contributed by atoms with Crippen LogP contribution in [0.1, 0.15) is 24.2 Å². The van der Waals surface area contributed by atoms with Gasteiger partial charge in [-0.3, -0.25) is 0 Å². The summed E-state index contributed by atoms with van der Waals surface area (Å²) in [5.41, 5.74) is 2.00. The first kappa shape index (κ1) is 13.8. The highest BCUT2D eigenvalue weighted by Crippen LogP contribution is 2.29. The zero-order valence-electron chi connectivity index (χ0n) is 11.2. The average molecular weight is 279 g/mol. The van der Waals surface area contributed by atoms with Crippen LogP contribution in [0, 0.1) is 0 Å². The lowest BCUT2D eigenvalue weighted by Gasteiger charge is -2.17. The number of benzene rings is 1. The van der Waals surface area contributed by atoms with Gasteiger partial charge in [0.2, 0.25) is 0 Å². The van der Waals surface area contributed by atoms with E-state index >= 15 is 0 Å². The van der Waals surface area contributed by atoms with Crippen LogP contribution in [0.2, 0.25) is 0 Å². The fraction of sp³-hybridized carbons (Fsp3) is 0.385. The molecule has 1 aromatic carbocycles. The van der Waals surface area contributed by atoms with Gasteiger partial charge in [0.25, 0.3) is 0 Å². The molecule has 0 radical (unpaired) electrons. The molecule has 0 aliphatic rings. The van der Waals surface area contributed by atoms with Crippen LogP contribution in [-0.4, -0.2) is 23.8 Å². The highest BCUT2D eigenvalue weighted by Gasteiger charge is 2.12. The van der Waals surface area contributed by atoms with E-state index in [0.29, 0.717) is 6.54 Å². The minimum Gasteiger partial charge on any atom is -0.497 e. The van der Waals surface area contributed by atoms with Crippen LogP contribution in [0.15, 0.2) is 23.6 Å². The van der Waals surface area contributed by atoms with Gasteiger partial charge in [0.1, 0.15) is 11.5 Å². The van der Waals surface area contributed by atoms with E-state index < -0.39 is 0 Å². The van der Waals surface area contributed by atoms with Gasteiger partial charge in [0, 0.05) is 23.5 Å². The number of nitrogens with zero attached hydrogens (tertiary/aromatic N) is 2. The first-order valence-electron chi connectivity index (χ1n) is 5.96. The monoisotopic (exact) mass is 279 g/mol. The van der Waals surface area contributed by atoms with Crippen molar-refractivity contribution in [1.29, 1.82) is 0 Å². The van der Waals surface area contributed by atoms with E-state index in [1.165, 1.54) is 11.5 Å². The van der Waals surface area contributed by atoms with Gasteiger partial charge in [-0.2, -0.15) is 0 Å². The van der Waals surface area contributed by atoms with E-state index in [1.807, 2.05) is 23.6 Å². The molecule has 1 aromatic heterocycles. The highest BCUT2D eigenvalue weighted by molar-refractivity contribution is 7.03. The van der Waals surface area contributed by atoms with Crippen LogP contribution in [0.3, 0.4) is 0 Å². The van der Waals surface area contributed by atoms with Crippen LogP contribution in [0.5, 0.6) is 11.5 Å². The third-order valence-corrected chi connectivity index (χ3v) is 3.45. The van der Waals surface area contributed by atoms with Crippen LogP contribution in [0.25, 0.3) is 0 Å². The van der Waals surface area contributed by atoms with Crippen molar-refractivity contribution < 1.29 is 9.47 Å². The van der Waals surface area contributed by atoms with E-state index in [9.17, 15) is 0 Å². The normalized spacial score (nSPS) is 12.2. The van der Waals surface area contributed by atoms with Crippen LogP contribution in [-0.2, 0) is 6.54 Å². The summed E-state index contributed by atoms with van der Waals surface area (Å²) in [6.07, 6.45) is 0. The Kier molecular flexibility index (Phi) is 4.70. The standard InChI is InChI=1S/C13H17N3O2S/c1-9(14-7-10-8-19-16-15-10)12-6-11(17-2)4-5-13(12)18-3/h4-6,8-9,14H,7H2,1-3H3. The molecule has 0 bridgehead atoms. The fourth-order valence-electron chi connectivity index (χ4n) is 1.81. The van der Waals surface area contributed by atoms with Crippen molar-refractivity contribution in [2.45, 2.75) is 19.5 Å². The lowest BCUT2D eigenvalue weighted by Crippen LogP contribution is -2.19. The predicted molar refractivity (Wildman–Crippen MR) is 74.7 cm³/mol. The Labute approximate surface area is 116 Å². The average Bonchev–Trinajstić information content (AvgIpc) is 2.97. The quantitative estimate of drug-likeness (QED) is 0.880. The number of aromatic nitrogens is 2. The molecular weight excluding hydrogens is 262 g/mol. The molecule has 0 saturated heterocycles. The summed E-state index contributed by atoms with van der Waals surface area (Å²) in [4.78, 5) is 0. The number of hydrogen-bond donors (Lipinski definition) is 1. The molecule has 5 nitrogen and oxygen atoms in total. The van der Waals surface area contributed by atoms with Crippen molar-refractivity contribution >= 4 is 11.5 Å². The van der Waals surface area contributed by atoms with Crippen molar-refractivity contribution in [1.82, 2.24) is 14.9 Å². The Balaban J connectivity index is 2.10. The Morgan fingerprint density at radius 1 is 1.32 bits per heavy atom. The second-order valence-corrected chi connectivity index (χ2v) is 4.72. The van der Waals surface area contributed by atoms with E-state index in [4.69, 9.17) is 9.47 Å². The van der Waals surface area contributed by atoms with E-state index in [0.717, 1.165) is 22.8 Å². The van der Waals surface area contributed by atoms with Gasteiger partial charge in [-0.1, -0.05) is 4.49 Å². The molecule has 0 saturated carbocycles.